The Labute approximate surface area is 122 Å². The Morgan fingerprint density at radius 1 is 1.37 bits per heavy atom. The predicted octanol–water partition coefficient (Wildman–Crippen LogP) is 2.82. The van der Waals surface area contributed by atoms with Crippen LogP contribution in [0.3, 0.4) is 0 Å². The maximum atomic E-state index is 9.13. The first kappa shape index (κ1) is 14.6. The van der Waals surface area contributed by atoms with Crippen molar-refractivity contribution in [2.45, 2.75) is 38.8 Å². The van der Waals surface area contributed by atoms with Crippen LogP contribution in [0.2, 0.25) is 0 Å². The average Bonchev–Trinajstić information content (AvgIpc) is 2.83. The highest BCUT2D eigenvalue weighted by Crippen LogP contribution is 2.37. The number of hydrogen-bond acceptors (Lipinski definition) is 4. The Kier molecular flexibility index (Phi) is 4.71. The zero-order valence-corrected chi connectivity index (χ0v) is 12.9. The number of halogens is 1. The number of aliphatic hydroxyl groups excluding tert-OH is 1. The van der Waals surface area contributed by atoms with Gasteiger partial charge in [0.15, 0.2) is 11.5 Å². The average molecular weight is 330 g/mol. The van der Waals surface area contributed by atoms with E-state index in [4.69, 9.17) is 14.6 Å². The van der Waals surface area contributed by atoms with E-state index in [1.54, 1.807) is 0 Å². The number of rotatable bonds is 6. The molecule has 1 aliphatic rings. The summed E-state index contributed by atoms with van der Waals surface area (Å²) < 4.78 is 11.7. The number of hydrogen-bond donors (Lipinski definition) is 2. The van der Waals surface area contributed by atoms with Crippen LogP contribution in [-0.4, -0.2) is 24.0 Å². The van der Waals surface area contributed by atoms with Gasteiger partial charge in [-0.25, -0.2) is 0 Å². The minimum absolute atomic E-state index is 0.0510. The lowest BCUT2D eigenvalue weighted by atomic mass is 9.94. The second-order valence-corrected chi connectivity index (χ2v) is 5.89. The summed E-state index contributed by atoms with van der Waals surface area (Å²) in [5, 5.41) is 12.6. The van der Waals surface area contributed by atoms with Crippen LogP contribution in [0.5, 0.6) is 11.5 Å². The number of benzene rings is 1. The van der Waals surface area contributed by atoms with Gasteiger partial charge in [-0.05, 0) is 37.5 Å². The van der Waals surface area contributed by atoms with E-state index in [-0.39, 0.29) is 18.9 Å². The first-order valence-corrected chi connectivity index (χ1v) is 7.31. The summed E-state index contributed by atoms with van der Waals surface area (Å²) in [6.07, 6.45) is 1.71. The molecular formula is C14H20BrNO3. The van der Waals surface area contributed by atoms with Gasteiger partial charge in [0.05, 0.1) is 0 Å². The van der Waals surface area contributed by atoms with E-state index < -0.39 is 0 Å². The number of nitrogens with one attached hydrogen (secondary N) is 1. The van der Waals surface area contributed by atoms with E-state index >= 15 is 0 Å². The Morgan fingerprint density at radius 2 is 2.05 bits per heavy atom. The Morgan fingerprint density at radius 3 is 2.68 bits per heavy atom. The third kappa shape index (κ3) is 3.41. The molecule has 0 saturated heterocycles. The van der Waals surface area contributed by atoms with Crippen LogP contribution in [0.15, 0.2) is 16.6 Å². The molecule has 1 aromatic carbocycles. The van der Waals surface area contributed by atoms with Gasteiger partial charge in [0, 0.05) is 23.2 Å². The fourth-order valence-corrected chi connectivity index (χ4v) is 2.50. The van der Waals surface area contributed by atoms with Crippen molar-refractivity contribution in [2.24, 2.45) is 0 Å². The van der Waals surface area contributed by atoms with Gasteiger partial charge in [-0.15, -0.1) is 0 Å². The molecule has 0 spiro atoms. The molecule has 19 heavy (non-hydrogen) atoms. The van der Waals surface area contributed by atoms with Crippen LogP contribution < -0.4 is 14.8 Å². The molecule has 0 saturated carbocycles. The van der Waals surface area contributed by atoms with Crippen LogP contribution >= 0.6 is 15.9 Å². The molecule has 2 rings (SSSR count). The summed E-state index contributed by atoms with van der Waals surface area (Å²) in [6, 6.07) is 3.93. The number of ether oxygens (including phenoxy) is 2. The molecule has 4 nitrogen and oxygen atoms in total. The highest BCUT2D eigenvalue weighted by molar-refractivity contribution is 9.10. The van der Waals surface area contributed by atoms with E-state index in [0.29, 0.717) is 0 Å². The summed E-state index contributed by atoms with van der Waals surface area (Å²) in [4.78, 5) is 0. The molecule has 0 aliphatic carbocycles. The second kappa shape index (κ2) is 6.11. The van der Waals surface area contributed by atoms with Crippen molar-refractivity contribution in [1.29, 1.82) is 0 Å². The van der Waals surface area contributed by atoms with E-state index in [1.165, 1.54) is 0 Å². The minimum Gasteiger partial charge on any atom is -0.454 e. The van der Waals surface area contributed by atoms with Crippen molar-refractivity contribution in [3.63, 3.8) is 0 Å². The maximum absolute atomic E-state index is 9.13. The fourth-order valence-electron chi connectivity index (χ4n) is 2.04. The summed E-state index contributed by atoms with van der Waals surface area (Å²) >= 11 is 3.55. The molecule has 0 amide bonds. The van der Waals surface area contributed by atoms with Crippen molar-refractivity contribution in [3.8, 4) is 11.5 Å². The quantitative estimate of drug-likeness (QED) is 0.842. The Hall–Kier alpha value is -0.780. The zero-order chi connectivity index (χ0) is 13.9. The maximum Gasteiger partial charge on any atom is 0.231 e. The molecule has 0 radical (unpaired) electrons. The highest BCUT2D eigenvalue weighted by Gasteiger charge is 2.22. The number of aliphatic hydroxyl groups is 1. The van der Waals surface area contributed by atoms with Crippen molar-refractivity contribution in [3.05, 3.63) is 22.2 Å². The summed E-state index contributed by atoms with van der Waals surface area (Å²) in [6.45, 7) is 5.46. The first-order chi connectivity index (χ1) is 9.08. The second-order valence-electron chi connectivity index (χ2n) is 5.04. The SMILES string of the molecule is CCC(C)(CCO)NCc1cc2c(cc1Br)OCO2. The van der Waals surface area contributed by atoms with E-state index in [1.807, 2.05) is 12.1 Å². The summed E-state index contributed by atoms with van der Waals surface area (Å²) in [5.74, 6) is 1.57. The van der Waals surface area contributed by atoms with E-state index in [0.717, 1.165) is 40.9 Å². The van der Waals surface area contributed by atoms with Gasteiger partial charge >= 0.3 is 0 Å². The van der Waals surface area contributed by atoms with Crippen LogP contribution in [0.1, 0.15) is 32.3 Å². The Balaban J connectivity index is 2.07. The monoisotopic (exact) mass is 329 g/mol. The third-order valence-corrected chi connectivity index (χ3v) is 4.43. The van der Waals surface area contributed by atoms with Crippen LogP contribution in [0, 0.1) is 0 Å². The van der Waals surface area contributed by atoms with Gasteiger partial charge in [0.2, 0.25) is 6.79 Å². The van der Waals surface area contributed by atoms with Crippen LogP contribution in [0.25, 0.3) is 0 Å². The molecule has 0 aromatic heterocycles. The first-order valence-electron chi connectivity index (χ1n) is 6.52. The fraction of sp³-hybridized carbons (Fsp3) is 0.571. The van der Waals surface area contributed by atoms with Crippen molar-refractivity contribution < 1.29 is 14.6 Å². The largest absolute Gasteiger partial charge is 0.454 e. The Bertz CT molecular complexity index is 453. The van der Waals surface area contributed by atoms with E-state index in [9.17, 15) is 0 Å². The van der Waals surface area contributed by atoms with Gasteiger partial charge in [0.1, 0.15) is 0 Å². The van der Waals surface area contributed by atoms with Gasteiger partial charge in [-0.3, -0.25) is 0 Å². The lowest BCUT2D eigenvalue weighted by Gasteiger charge is -2.29. The molecule has 106 valence electrons. The van der Waals surface area contributed by atoms with E-state index in [2.05, 4.69) is 35.1 Å². The van der Waals surface area contributed by atoms with Gasteiger partial charge < -0.3 is 19.9 Å². The molecule has 1 aliphatic heterocycles. The predicted molar refractivity (Wildman–Crippen MR) is 77.5 cm³/mol. The molecule has 1 aromatic rings. The van der Waals surface area contributed by atoms with Gasteiger partial charge in [-0.1, -0.05) is 22.9 Å². The van der Waals surface area contributed by atoms with Crippen LogP contribution in [-0.2, 0) is 6.54 Å². The number of fused-ring (bicyclic) bond motifs is 1. The smallest absolute Gasteiger partial charge is 0.231 e. The minimum atomic E-state index is -0.0510. The molecule has 0 fully saturated rings. The van der Waals surface area contributed by atoms with Crippen molar-refractivity contribution >= 4 is 15.9 Å². The molecule has 5 heteroatoms. The van der Waals surface area contributed by atoms with Gasteiger partial charge in [0.25, 0.3) is 0 Å². The molecule has 1 heterocycles. The van der Waals surface area contributed by atoms with Crippen molar-refractivity contribution in [1.82, 2.24) is 5.32 Å². The molecule has 0 bridgehead atoms. The van der Waals surface area contributed by atoms with Gasteiger partial charge in [-0.2, -0.15) is 0 Å². The van der Waals surface area contributed by atoms with Crippen LogP contribution in [0.4, 0.5) is 0 Å². The van der Waals surface area contributed by atoms with Crippen molar-refractivity contribution in [2.75, 3.05) is 13.4 Å². The standard InChI is InChI=1S/C14H20BrNO3/c1-3-14(2,4-5-17)16-8-10-6-12-13(7-11(10)15)19-9-18-12/h6-7,16-17H,3-5,8-9H2,1-2H3. The molecule has 1 atom stereocenters. The summed E-state index contributed by atoms with van der Waals surface area (Å²) in [7, 11) is 0. The normalized spacial score (nSPS) is 16.4. The molecular weight excluding hydrogens is 310 g/mol. The zero-order valence-electron chi connectivity index (χ0n) is 11.3. The lowest BCUT2D eigenvalue weighted by Crippen LogP contribution is -2.42. The highest BCUT2D eigenvalue weighted by atomic mass is 79.9. The summed E-state index contributed by atoms with van der Waals surface area (Å²) in [5.41, 5.74) is 1.08. The lowest BCUT2D eigenvalue weighted by molar-refractivity contribution is 0.174. The topological polar surface area (TPSA) is 50.7 Å². The molecule has 1 unspecified atom stereocenters. The third-order valence-electron chi connectivity index (χ3n) is 3.69. The molecule has 2 N–H and O–H groups in total.